The minimum atomic E-state index is -3.28. The zero-order valence-electron chi connectivity index (χ0n) is 22.0. The molecule has 1 aromatic heterocycles. The number of aryl methyl sites for hydroxylation is 1. The van der Waals surface area contributed by atoms with E-state index in [9.17, 15) is 19.6 Å². The maximum atomic E-state index is 15.2. The van der Waals surface area contributed by atoms with Gasteiger partial charge in [0.1, 0.15) is 18.1 Å². The number of hydrogen-bond acceptors (Lipinski definition) is 6. The van der Waals surface area contributed by atoms with E-state index in [1.54, 1.807) is 24.1 Å². The Morgan fingerprint density at radius 3 is 2.72 bits per heavy atom. The monoisotopic (exact) mass is 543 g/mol. The molecule has 0 bridgehead atoms. The summed E-state index contributed by atoms with van der Waals surface area (Å²) in [7, 11) is 1.74. The lowest BCUT2D eigenvalue weighted by Gasteiger charge is -2.44. The van der Waals surface area contributed by atoms with Crippen LogP contribution in [0.3, 0.4) is 0 Å². The Hall–Kier alpha value is -3.67. The molecule has 39 heavy (non-hydrogen) atoms. The summed E-state index contributed by atoms with van der Waals surface area (Å²) < 4.78 is 31.9. The lowest BCUT2D eigenvalue weighted by Crippen LogP contribution is -2.62. The predicted molar refractivity (Wildman–Crippen MR) is 138 cm³/mol. The first kappa shape index (κ1) is 28.3. The number of carbonyl (C=O) groups excluding carboxylic acids is 3. The average molecular weight is 544 g/mol. The van der Waals surface area contributed by atoms with E-state index in [1.165, 1.54) is 4.90 Å². The van der Waals surface area contributed by atoms with Crippen molar-refractivity contribution < 1.29 is 23.2 Å². The Morgan fingerprint density at radius 2 is 2.10 bits per heavy atom. The maximum absolute atomic E-state index is 15.2. The quantitative estimate of drug-likeness (QED) is 0.386. The van der Waals surface area contributed by atoms with Gasteiger partial charge in [-0.25, -0.2) is 8.78 Å². The average Bonchev–Trinajstić information content (AvgIpc) is 3.63. The van der Waals surface area contributed by atoms with Gasteiger partial charge >= 0.3 is 0 Å². The van der Waals surface area contributed by atoms with Crippen LogP contribution < -0.4 is 16.0 Å². The molecule has 3 heterocycles. The minimum absolute atomic E-state index is 0.0672. The van der Waals surface area contributed by atoms with Gasteiger partial charge < -0.3 is 20.9 Å². The number of piperidine rings is 2. The summed E-state index contributed by atoms with van der Waals surface area (Å²) in [6.45, 7) is 0.174. The zero-order valence-corrected chi connectivity index (χ0v) is 22.0. The van der Waals surface area contributed by atoms with Gasteiger partial charge in [-0.3, -0.25) is 19.1 Å². The lowest BCUT2D eigenvalue weighted by atomic mass is 9.85. The van der Waals surface area contributed by atoms with E-state index in [4.69, 9.17) is 6.42 Å². The number of amides is 3. The normalized spacial score (nSPS) is 25.9. The molecular weight excluding hydrogens is 508 g/mol. The van der Waals surface area contributed by atoms with Crippen molar-refractivity contribution in [3.8, 4) is 18.4 Å². The minimum Gasteiger partial charge on any atom is -0.371 e. The Labute approximate surface area is 226 Å². The molecule has 3 aliphatic rings. The van der Waals surface area contributed by atoms with Crippen LogP contribution in [0.2, 0.25) is 0 Å². The van der Waals surface area contributed by atoms with Crippen molar-refractivity contribution in [2.45, 2.75) is 75.4 Å². The summed E-state index contributed by atoms with van der Waals surface area (Å²) in [5, 5.41) is 22.2. The molecule has 0 spiro atoms. The molecule has 0 aromatic carbocycles. The number of nitrogens with one attached hydrogen (secondary N) is 3. The number of rotatable bonds is 10. The first-order chi connectivity index (χ1) is 18.6. The molecule has 5 atom stereocenters. The van der Waals surface area contributed by atoms with Crippen LogP contribution in [0.5, 0.6) is 0 Å². The van der Waals surface area contributed by atoms with E-state index in [-0.39, 0.29) is 25.3 Å². The molecule has 4 rings (SSSR count). The van der Waals surface area contributed by atoms with Crippen molar-refractivity contribution in [3.63, 3.8) is 0 Å². The van der Waals surface area contributed by atoms with Crippen molar-refractivity contribution in [2.24, 2.45) is 24.8 Å². The van der Waals surface area contributed by atoms with Crippen LogP contribution in [0.1, 0.15) is 51.4 Å². The number of anilines is 1. The third kappa shape index (κ3) is 7.05. The van der Waals surface area contributed by atoms with Gasteiger partial charge in [0.05, 0.1) is 23.9 Å². The SMILES string of the molecule is C#CCC1CN(C(=O)[C@@H](CC2CC2)Nc2cnn(C)c2)[C@H](C(=O)N[C@H](C#N)C[C@@H]2CCCNC2=O)CC1(F)F. The standard InChI is InChI=1S/C27H35F2N7O3/c1-3-5-19-15-36(26(39)22(10-17-7-8-17)33-21-14-32-35(2)16-21)23(12-27(19,28)29)25(38)34-20(13-30)11-18-6-4-9-31-24(18)37/h1,14,16-20,22-23,33H,4-12,15H2,2H3,(H,31,37)(H,34,38)/t18-,19?,20-,22+,23-/m0/s1. The van der Waals surface area contributed by atoms with Crippen molar-refractivity contribution in [3.05, 3.63) is 12.4 Å². The van der Waals surface area contributed by atoms with Gasteiger partial charge in [0, 0.05) is 45.1 Å². The molecule has 1 aromatic rings. The van der Waals surface area contributed by atoms with E-state index in [0.29, 0.717) is 31.0 Å². The number of terminal acetylenes is 1. The molecule has 0 radical (unpaired) electrons. The van der Waals surface area contributed by atoms with Gasteiger partial charge in [-0.2, -0.15) is 10.4 Å². The number of halogens is 2. The highest BCUT2D eigenvalue weighted by molar-refractivity contribution is 5.92. The van der Waals surface area contributed by atoms with Crippen LogP contribution in [0.25, 0.3) is 0 Å². The number of nitriles is 1. The predicted octanol–water partition coefficient (Wildman–Crippen LogP) is 1.80. The van der Waals surface area contributed by atoms with Crippen molar-refractivity contribution in [1.82, 2.24) is 25.3 Å². The zero-order chi connectivity index (χ0) is 28.2. The summed E-state index contributed by atoms with van der Waals surface area (Å²) in [4.78, 5) is 40.7. The molecule has 1 saturated carbocycles. The Bertz CT molecular complexity index is 1150. The van der Waals surface area contributed by atoms with Gasteiger partial charge in [0.25, 0.3) is 5.92 Å². The molecule has 3 N–H and O–H groups in total. The topological polar surface area (TPSA) is 132 Å². The number of aromatic nitrogens is 2. The molecular formula is C27H35F2N7O3. The molecule has 2 aliphatic heterocycles. The summed E-state index contributed by atoms with van der Waals surface area (Å²) >= 11 is 0. The van der Waals surface area contributed by atoms with E-state index in [2.05, 4.69) is 27.0 Å². The van der Waals surface area contributed by atoms with Crippen molar-refractivity contribution in [2.75, 3.05) is 18.4 Å². The number of hydrogen-bond donors (Lipinski definition) is 3. The van der Waals surface area contributed by atoms with Crippen molar-refractivity contribution >= 4 is 23.4 Å². The largest absolute Gasteiger partial charge is 0.371 e. The van der Waals surface area contributed by atoms with Crippen LogP contribution in [-0.4, -0.2) is 69.5 Å². The van der Waals surface area contributed by atoms with Crippen LogP contribution in [0.4, 0.5) is 14.5 Å². The summed E-state index contributed by atoms with van der Waals surface area (Å²) in [6, 6.07) is -1.32. The molecule has 3 fully saturated rings. The van der Waals surface area contributed by atoms with Crippen LogP contribution in [-0.2, 0) is 21.4 Å². The molecule has 210 valence electrons. The highest BCUT2D eigenvalue weighted by atomic mass is 19.3. The van der Waals surface area contributed by atoms with Gasteiger partial charge in [-0.15, -0.1) is 12.3 Å². The van der Waals surface area contributed by atoms with E-state index < -0.39 is 54.1 Å². The van der Waals surface area contributed by atoms with Crippen LogP contribution in [0, 0.1) is 41.4 Å². The maximum Gasteiger partial charge on any atom is 0.256 e. The second-order valence-electron chi connectivity index (χ2n) is 10.9. The fourth-order valence-corrected chi connectivity index (χ4v) is 5.43. The van der Waals surface area contributed by atoms with Gasteiger partial charge in [-0.1, -0.05) is 12.8 Å². The second-order valence-corrected chi connectivity index (χ2v) is 10.9. The first-order valence-electron chi connectivity index (χ1n) is 13.5. The van der Waals surface area contributed by atoms with Gasteiger partial charge in [0.2, 0.25) is 17.7 Å². The first-order valence-corrected chi connectivity index (χ1v) is 13.5. The lowest BCUT2D eigenvalue weighted by molar-refractivity contribution is -0.163. The fourth-order valence-electron chi connectivity index (χ4n) is 5.43. The number of alkyl halides is 2. The third-order valence-electron chi connectivity index (χ3n) is 7.81. The number of likely N-dealkylation sites (tertiary alicyclic amines) is 1. The molecule has 3 amide bonds. The molecule has 1 aliphatic carbocycles. The van der Waals surface area contributed by atoms with Gasteiger partial charge in [-0.05, 0) is 31.6 Å². The van der Waals surface area contributed by atoms with Crippen LogP contribution >= 0.6 is 0 Å². The molecule has 1 unspecified atom stereocenters. The summed E-state index contributed by atoms with van der Waals surface area (Å²) in [5.74, 6) is -3.93. The Morgan fingerprint density at radius 1 is 1.33 bits per heavy atom. The van der Waals surface area contributed by atoms with E-state index >= 15 is 8.78 Å². The number of carbonyl (C=O) groups is 3. The van der Waals surface area contributed by atoms with Gasteiger partial charge in [0.15, 0.2) is 0 Å². The summed E-state index contributed by atoms with van der Waals surface area (Å²) in [6.07, 6.45) is 11.3. The molecule has 10 nitrogen and oxygen atoms in total. The Balaban J connectivity index is 1.55. The van der Waals surface area contributed by atoms with Crippen molar-refractivity contribution in [1.29, 1.82) is 5.26 Å². The summed E-state index contributed by atoms with van der Waals surface area (Å²) in [5.41, 5.74) is 0.607. The highest BCUT2D eigenvalue weighted by Gasteiger charge is 2.52. The Kier molecular flexibility index (Phi) is 8.73. The molecule has 12 heteroatoms. The van der Waals surface area contributed by atoms with Crippen LogP contribution in [0.15, 0.2) is 12.4 Å². The number of nitrogens with zero attached hydrogens (tertiary/aromatic N) is 4. The third-order valence-corrected chi connectivity index (χ3v) is 7.81. The fraction of sp³-hybridized carbons (Fsp3) is 0.667. The molecule has 2 saturated heterocycles. The second kappa shape index (κ2) is 12.0. The smallest absolute Gasteiger partial charge is 0.256 e. The van der Waals surface area contributed by atoms with E-state index in [0.717, 1.165) is 19.3 Å². The van der Waals surface area contributed by atoms with E-state index in [1.807, 2.05) is 6.07 Å². The highest BCUT2D eigenvalue weighted by Crippen LogP contribution is 2.40.